The van der Waals surface area contributed by atoms with E-state index >= 15 is 0 Å². The molecule has 0 amide bonds. The quantitative estimate of drug-likeness (QED) is 0.421. The Labute approximate surface area is 117 Å². The molecule has 1 aromatic carbocycles. The highest BCUT2D eigenvalue weighted by Crippen LogP contribution is 2.06. The minimum Gasteiger partial charge on any atom is -0.313 e. The molecule has 0 radical (unpaired) electrons. The number of alkyl halides is 1. The molecule has 0 aromatic heterocycles. The van der Waals surface area contributed by atoms with Gasteiger partial charge in [0.1, 0.15) is 0 Å². The van der Waals surface area contributed by atoms with Crippen LogP contribution in [0.3, 0.4) is 0 Å². The van der Waals surface area contributed by atoms with Gasteiger partial charge < -0.3 is 5.32 Å². The van der Waals surface area contributed by atoms with E-state index < -0.39 is 0 Å². The molecule has 0 fully saturated rings. The van der Waals surface area contributed by atoms with Crippen molar-refractivity contribution in [1.29, 1.82) is 0 Å². The molecule has 1 N–H and O–H groups in total. The highest BCUT2D eigenvalue weighted by molar-refractivity contribution is 14.1. The fourth-order valence-electron chi connectivity index (χ4n) is 1.53. The minimum atomic E-state index is 0.802. The Kier molecular flexibility index (Phi) is 8.25. The first-order valence-electron chi connectivity index (χ1n) is 5.84. The lowest BCUT2D eigenvalue weighted by molar-refractivity contribution is 0.599. The van der Waals surface area contributed by atoms with Crippen LogP contribution in [-0.4, -0.2) is 12.4 Å². The molecular weight excluding hydrogens is 333 g/mol. The third kappa shape index (κ3) is 6.71. The zero-order valence-electron chi connectivity index (χ0n) is 9.52. The van der Waals surface area contributed by atoms with Crippen molar-refractivity contribution in [2.24, 2.45) is 0 Å². The summed E-state index contributed by atoms with van der Waals surface area (Å²) in [6.07, 6.45) is 4.95. The average molecular weight is 352 g/mol. The SMILES string of the molecule is ClCCCCCCNCc1ccc(I)cc1. The summed E-state index contributed by atoms with van der Waals surface area (Å²) in [5, 5.41) is 3.46. The second kappa shape index (κ2) is 9.25. The predicted octanol–water partition coefficient (Wildman–Crippen LogP) is 4.18. The van der Waals surface area contributed by atoms with Crippen molar-refractivity contribution in [3.63, 3.8) is 0 Å². The van der Waals surface area contributed by atoms with Crippen LogP contribution in [0.15, 0.2) is 24.3 Å². The zero-order valence-corrected chi connectivity index (χ0v) is 12.4. The third-order valence-electron chi connectivity index (χ3n) is 2.48. The smallest absolute Gasteiger partial charge is 0.0223 e. The Morgan fingerprint density at radius 3 is 2.38 bits per heavy atom. The van der Waals surface area contributed by atoms with Crippen molar-refractivity contribution in [2.45, 2.75) is 32.2 Å². The molecule has 0 unspecified atom stereocenters. The molecule has 0 bridgehead atoms. The summed E-state index contributed by atoms with van der Waals surface area (Å²) in [6.45, 7) is 2.08. The summed E-state index contributed by atoms with van der Waals surface area (Å²) in [6, 6.07) is 8.67. The second-order valence-corrected chi connectivity index (χ2v) is 5.53. The summed E-state index contributed by atoms with van der Waals surface area (Å²) in [5.41, 5.74) is 1.36. The van der Waals surface area contributed by atoms with E-state index in [1.807, 2.05) is 0 Å². The van der Waals surface area contributed by atoms with Gasteiger partial charge in [0.15, 0.2) is 0 Å². The van der Waals surface area contributed by atoms with Crippen LogP contribution in [-0.2, 0) is 6.54 Å². The highest BCUT2D eigenvalue weighted by atomic mass is 127. The first kappa shape index (κ1) is 14.3. The molecule has 0 atom stereocenters. The van der Waals surface area contributed by atoms with Crippen LogP contribution in [0.25, 0.3) is 0 Å². The van der Waals surface area contributed by atoms with Gasteiger partial charge in [0.25, 0.3) is 0 Å². The van der Waals surface area contributed by atoms with Crippen molar-refractivity contribution in [1.82, 2.24) is 5.32 Å². The standard InChI is InChI=1S/C13H19ClIN/c14-9-3-1-2-4-10-16-11-12-5-7-13(15)8-6-12/h5-8,16H,1-4,9-11H2. The molecule has 90 valence electrons. The number of nitrogens with one attached hydrogen (secondary N) is 1. The molecule has 1 nitrogen and oxygen atoms in total. The topological polar surface area (TPSA) is 12.0 Å². The van der Waals surface area contributed by atoms with E-state index in [1.54, 1.807) is 0 Å². The zero-order chi connectivity index (χ0) is 11.6. The molecule has 0 spiro atoms. The van der Waals surface area contributed by atoms with Crippen molar-refractivity contribution < 1.29 is 0 Å². The third-order valence-corrected chi connectivity index (χ3v) is 3.47. The van der Waals surface area contributed by atoms with Gasteiger partial charge in [-0.1, -0.05) is 25.0 Å². The fraction of sp³-hybridized carbons (Fsp3) is 0.538. The van der Waals surface area contributed by atoms with Crippen molar-refractivity contribution >= 4 is 34.2 Å². The molecule has 1 rings (SSSR count). The summed E-state index contributed by atoms with van der Waals surface area (Å²) in [4.78, 5) is 0. The van der Waals surface area contributed by atoms with Crippen LogP contribution >= 0.6 is 34.2 Å². The van der Waals surface area contributed by atoms with Gasteiger partial charge in [0.2, 0.25) is 0 Å². The lowest BCUT2D eigenvalue weighted by atomic mass is 10.2. The molecule has 0 heterocycles. The van der Waals surface area contributed by atoms with Gasteiger partial charge in [-0.25, -0.2) is 0 Å². The normalized spacial score (nSPS) is 10.6. The van der Waals surface area contributed by atoms with Crippen molar-refractivity contribution in [2.75, 3.05) is 12.4 Å². The number of rotatable bonds is 8. The van der Waals surface area contributed by atoms with Crippen LogP contribution in [0.4, 0.5) is 0 Å². The van der Waals surface area contributed by atoms with Crippen LogP contribution in [0, 0.1) is 3.57 Å². The average Bonchev–Trinajstić information content (AvgIpc) is 2.30. The van der Waals surface area contributed by atoms with Gasteiger partial charge in [-0.05, 0) is 59.7 Å². The van der Waals surface area contributed by atoms with Crippen molar-refractivity contribution in [3.05, 3.63) is 33.4 Å². The summed E-state index contributed by atoms with van der Waals surface area (Å²) in [7, 11) is 0. The van der Waals surface area contributed by atoms with E-state index in [0.717, 1.165) is 25.4 Å². The molecule has 0 aliphatic rings. The van der Waals surface area contributed by atoms with Crippen LogP contribution in [0.1, 0.15) is 31.2 Å². The van der Waals surface area contributed by atoms with Crippen LogP contribution < -0.4 is 5.32 Å². The molecular formula is C13H19ClIN. The van der Waals surface area contributed by atoms with Gasteiger partial charge in [0.05, 0.1) is 0 Å². The van der Waals surface area contributed by atoms with Crippen LogP contribution in [0.5, 0.6) is 0 Å². The van der Waals surface area contributed by atoms with E-state index in [-0.39, 0.29) is 0 Å². The Balaban J connectivity index is 2.01. The first-order chi connectivity index (χ1) is 7.83. The summed E-state index contributed by atoms with van der Waals surface area (Å²) >= 11 is 7.95. The summed E-state index contributed by atoms with van der Waals surface area (Å²) in [5.74, 6) is 0.802. The van der Waals surface area contributed by atoms with Gasteiger partial charge >= 0.3 is 0 Å². The molecule has 0 aliphatic heterocycles. The van der Waals surface area contributed by atoms with Crippen molar-refractivity contribution in [3.8, 4) is 0 Å². The maximum absolute atomic E-state index is 5.62. The number of hydrogen-bond acceptors (Lipinski definition) is 1. The van der Waals surface area contributed by atoms with Gasteiger partial charge in [-0.3, -0.25) is 0 Å². The molecule has 0 saturated heterocycles. The van der Waals surface area contributed by atoms with Gasteiger partial charge in [-0.2, -0.15) is 0 Å². The Morgan fingerprint density at radius 2 is 1.69 bits per heavy atom. The molecule has 1 aromatic rings. The van der Waals surface area contributed by atoms with Gasteiger partial charge in [-0.15, -0.1) is 11.6 Å². The number of hydrogen-bond donors (Lipinski definition) is 1. The number of unbranched alkanes of at least 4 members (excludes halogenated alkanes) is 3. The van der Waals surface area contributed by atoms with E-state index in [0.29, 0.717) is 0 Å². The largest absolute Gasteiger partial charge is 0.313 e. The Morgan fingerprint density at radius 1 is 1.00 bits per heavy atom. The predicted molar refractivity (Wildman–Crippen MR) is 80.1 cm³/mol. The van der Waals surface area contributed by atoms with Gasteiger partial charge in [0, 0.05) is 16.0 Å². The number of halogens is 2. The lowest BCUT2D eigenvalue weighted by Crippen LogP contribution is -2.14. The molecule has 3 heteroatoms. The fourth-order valence-corrected chi connectivity index (χ4v) is 2.08. The molecule has 0 saturated carbocycles. The first-order valence-corrected chi connectivity index (χ1v) is 7.45. The Bertz CT molecular complexity index is 274. The minimum absolute atomic E-state index is 0.802. The second-order valence-electron chi connectivity index (χ2n) is 3.91. The van der Waals surface area contributed by atoms with E-state index in [2.05, 4.69) is 52.2 Å². The van der Waals surface area contributed by atoms with E-state index in [9.17, 15) is 0 Å². The maximum Gasteiger partial charge on any atom is 0.0223 e. The number of benzene rings is 1. The van der Waals surface area contributed by atoms with Crippen LogP contribution in [0.2, 0.25) is 0 Å². The molecule has 0 aliphatic carbocycles. The Hall–Kier alpha value is 0.200. The van der Waals surface area contributed by atoms with E-state index in [4.69, 9.17) is 11.6 Å². The monoisotopic (exact) mass is 351 g/mol. The summed E-state index contributed by atoms with van der Waals surface area (Å²) < 4.78 is 1.29. The van der Waals surface area contributed by atoms with E-state index in [1.165, 1.54) is 28.4 Å². The molecule has 16 heavy (non-hydrogen) atoms. The maximum atomic E-state index is 5.62. The highest BCUT2D eigenvalue weighted by Gasteiger charge is 1.93. The lowest BCUT2D eigenvalue weighted by Gasteiger charge is -2.04.